The molecule has 1 amide bonds. The summed E-state index contributed by atoms with van der Waals surface area (Å²) in [7, 11) is 1.60. The van der Waals surface area contributed by atoms with Gasteiger partial charge < -0.3 is 14.4 Å². The number of benzene rings is 2. The normalized spacial score (nSPS) is 15.2. The number of ether oxygens (including phenoxy) is 2. The third-order valence-electron chi connectivity index (χ3n) is 4.69. The number of likely N-dealkylation sites (tertiary alicyclic amines) is 1. The summed E-state index contributed by atoms with van der Waals surface area (Å²) in [6.07, 6.45) is 2.18. The van der Waals surface area contributed by atoms with Gasteiger partial charge in [-0.25, -0.2) is 4.79 Å². The molecule has 0 saturated carbocycles. The van der Waals surface area contributed by atoms with E-state index in [0.717, 1.165) is 24.8 Å². The van der Waals surface area contributed by atoms with Crippen molar-refractivity contribution in [1.29, 1.82) is 0 Å². The van der Waals surface area contributed by atoms with Crippen LogP contribution in [0.2, 0.25) is 0 Å². The topological polar surface area (TPSA) is 55.8 Å². The van der Waals surface area contributed by atoms with Gasteiger partial charge in [-0.3, -0.25) is 4.79 Å². The maximum Gasteiger partial charge on any atom is 0.339 e. The molecule has 5 nitrogen and oxygen atoms in total. The molecule has 1 saturated heterocycles. The quantitative estimate of drug-likeness (QED) is 0.730. The Balaban J connectivity index is 1.81. The van der Waals surface area contributed by atoms with Crippen molar-refractivity contribution in [3.63, 3.8) is 0 Å². The maximum atomic E-state index is 13.1. The van der Waals surface area contributed by atoms with Gasteiger partial charge in [-0.2, -0.15) is 0 Å². The molecule has 0 bridgehead atoms. The molecule has 0 aromatic heterocycles. The zero-order chi connectivity index (χ0) is 19.1. The summed E-state index contributed by atoms with van der Waals surface area (Å²) in [5.74, 6) is -0.658. The minimum Gasteiger partial charge on any atom is -0.444 e. The Bertz CT molecular complexity index is 769. The minimum absolute atomic E-state index is 0.151. The van der Waals surface area contributed by atoms with E-state index in [1.165, 1.54) is 0 Å². The van der Waals surface area contributed by atoms with Crippen molar-refractivity contribution in [2.24, 2.45) is 0 Å². The Hall–Kier alpha value is -2.66. The molecule has 27 heavy (non-hydrogen) atoms. The summed E-state index contributed by atoms with van der Waals surface area (Å²) in [4.78, 5) is 27.6. The van der Waals surface area contributed by atoms with Crippen LogP contribution in [-0.4, -0.2) is 37.0 Å². The fourth-order valence-electron chi connectivity index (χ4n) is 3.30. The lowest BCUT2D eigenvalue weighted by atomic mass is 10.1. The third-order valence-corrected chi connectivity index (χ3v) is 4.69. The Morgan fingerprint density at radius 3 is 2.44 bits per heavy atom. The molecule has 142 valence electrons. The van der Waals surface area contributed by atoms with Gasteiger partial charge in [0.2, 0.25) is 6.10 Å². The molecule has 1 fully saturated rings. The molecule has 1 aliphatic heterocycles. The van der Waals surface area contributed by atoms with Crippen LogP contribution in [-0.2, 0) is 20.9 Å². The van der Waals surface area contributed by atoms with Crippen molar-refractivity contribution in [1.82, 2.24) is 4.90 Å². The number of hydrogen-bond donors (Lipinski definition) is 0. The lowest BCUT2D eigenvalue weighted by molar-refractivity contribution is -0.142. The number of rotatable bonds is 6. The highest BCUT2D eigenvalue weighted by atomic mass is 16.5. The van der Waals surface area contributed by atoms with Crippen molar-refractivity contribution < 1.29 is 19.1 Å². The van der Waals surface area contributed by atoms with Gasteiger partial charge in [0.25, 0.3) is 5.91 Å². The van der Waals surface area contributed by atoms with E-state index in [1.807, 2.05) is 36.4 Å². The van der Waals surface area contributed by atoms with E-state index in [1.54, 1.807) is 30.2 Å². The van der Waals surface area contributed by atoms with Gasteiger partial charge in [0.15, 0.2) is 0 Å². The van der Waals surface area contributed by atoms with Crippen LogP contribution in [0, 0.1) is 0 Å². The first-order valence-corrected chi connectivity index (χ1v) is 9.31. The predicted octanol–water partition coefficient (Wildman–Crippen LogP) is 3.74. The van der Waals surface area contributed by atoms with Crippen molar-refractivity contribution in [2.45, 2.75) is 32.0 Å². The Morgan fingerprint density at radius 1 is 1.00 bits per heavy atom. The first-order chi connectivity index (χ1) is 13.2. The molecular formula is C22H25NO4. The van der Waals surface area contributed by atoms with E-state index in [9.17, 15) is 9.59 Å². The van der Waals surface area contributed by atoms with E-state index in [-0.39, 0.29) is 5.91 Å². The van der Waals surface area contributed by atoms with Crippen molar-refractivity contribution in [3.05, 3.63) is 71.3 Å². The van der Waals surface area contributed by atoms with E-state index >= 15 is 0 Å². The van der Waals surface area contributed by atoms with Crippen molar-refractivity contribution >= 4 is 11.9 Å². The minimum atomic E-state index is -0.928. The summed E-state index contributed by atoms with van der Waals surface area (Å²) in [6, 6.07) is 16.3. The molecule has 0 N–H and O–H groups in total. The molecule has 5 heteroatoms. The number of methoxy groups -OCH3 is 1. The van der Waals surface area contributed by atoms with Gasteiger partial charge in [0.05, 0.1) is 12.2 Å². The second kappa shape index (κ2) is 9.33. The maximum absolute atomic E-state index is 13.1. The van der Waals surface area contributed by atoms with Crippen LogP contribution < -0.4 is 0 Å². The number of carbonyl (C=O) groups excluding carboxylic acids is 2. The van der Waals surface area contributed by atoms with Gasteiger partial charge in [0, 0.05) is 25.8 Å². The number of nitrogens with zero attached hydrogens (tertiary/aromatic N) is 1. The average Bonchev–Trinajstić information content (AvgIpc) is 2.73. The Kier molecular flexibility index (Phi) is 6.60. The van der Waals surface area contributed by atoms with E-state index < -0.39 is 12.1 Å². The molecule has 2 aromatic carbocycles. The number of carbonyl (C=O) groups is 2. The van der Waals surface area contributed by atoms with Crippen LogP contribution in [0.15, 0.2) is 54.6 Å². The first-order valence-electron chi connectivity index (χ1n) is 9.31. The highest BCUT2D eigenvalue weighted by Crippen LogP contribution is 2.24. The summed E-state index contributed by atoms with van der Waals surface area (Å²) in [5, 5.41) is 0. The molecule has 2 aromatic rings. The lowest BCUT2D eigenvalue weighted by Crippen LogP contribution is -2.40. The zero-order valence-corrected chi connectivity index (χ0v) is 15.6. The van der Waals surface area contributed by atoms with Crippen LogP contribution in [0.25, 0.3) is 0 Å². The standard InChI is InChI=1S/C22H25NO4/c1-26-16-17-9-8-12-19(15-17)22(25)27-20(18-10-4-2-5-11-18)21(24)23-13-6-3-7-14-23/h2,4-5,8-12,15,20H,3,6-7,13-14,16H2,1H3. The molecule has 0 radical (unpaired) electrons. The molecule has 1 atom stereocenters. The lowest BCUT2D eigenvalue weighted by Gasteiger charge is -2.30. The number of esters is 1. The van der Waals surface area contributed by atoms with E-state index in [2.05, 4.69) is 0 Å². The number of piperidine rings is 1. The monoisotopic (exact) mass is 367 g/mol. The number of amides is 1. The Morgan fingerprint density at radius 2 is 1.74 bits per heavy atom. The fourth-order valence-corrected chi connectivity index (χ4v) is 3.30. The smallest absolute Gasteiger partial charge is 0.339 e. The van der Waals surface area contributed by atoms with Gasteiger partial charge in [-0.1, -0.05) is 42.5 Å². The Labute approximate surface area is 159 Å². The molecule has 1 unspecified atom stereocenters. The predicted molar refractivity (Wildman–Crippen MR) is 102 cm³/mol. The van der Waals surface area contributed by atoms with Gasteiger partial charge in [-0.05, 0) is 37.0 Å². The highest BCUT2D eigenvalue weighted by molar-refractivity contribution is 5.93. The van der Waals surface area contributed by atoms with Crippen LogP contribution in [0.1, 0.15) is 46.9 Å². The van der Waals surface area contributed by atoms with E-state index in [0.29, 0.717) is 30.8 Å². The molecule has 1 heterocycles. The third kappa shape index (κ3) is 4.95. The first kappa shape index (κ1) is 19.1. The summed E-state index contributed by atoms with van der Waals surface area (Å²) >= 11 is 0. The van der Waals surface area contributed by atoms with Crippen LogP contribution in [0.4, 0.5) is 0 Å². The van der Waals surface area contributed by atoms with Crippen molar-refractivity contribution in [2.75, 3.05) is 20.2 Å². The largest absolute Gasteiger partial charge is 0.444 e. The molecular weight excluding hydrogens is 342 g/mol. The molecule has 1 aliphatic rings. The number of hydrogen-bond acceptors (Lipinski definition) is 4. The molecule has 3 rings (SSSR count). The van der Waals surface area contributed by atoms with Crippen LogP contribution in [0.5, 0.6) is 0 Å². The molecule has 0 spiro atoms. The van der Waals surface area contributed by atoms with Crippen LogP contribution >= 0.6 is 0 Å². The summed E-state index contributed by atoms with van der Waals surface area (Å²) in [5.41, 5.74) is 1.98. The second-order valence-electron chi connectivity index (χ2n) is 6.72. The highest BCUT2D eigenvalue weighted by Gasteiger charge is 2.30. The van der Waals surface area contributed by atoms with E-state index in [4.69, 9.17) is 9.47 Å². The van der Waals surface area contributed by atoms with Gasteiger partial charge in [-0.15, -0.1) is 0 Å². The second-order valence-corrected chi connectivity index (χ2v) is 6.72. The average molecular weight is 367 g/mol. The molecule has 0 aliphatic carbocycles. The summed E-state index contributed by atoms with van der Waals surface area (Å²) < 4.78 is 10.8. The van der Waals surface area contributed by atoms with Crippen molar-refractivity contribution in [3.8, 4) is 0 Å². The summed E-state index contributed by atoms with van der Waals surface area (Å²) in [6.45, 7) is 1.84. The zero-order valence-electron chi connectivity index (χ0n) is 15.6. The van der Waals surface area contributed by atoms with Gasteiger partial charge >= 0.3 is 5.97 Å². The SMILES string of the molecule is COCc1cccc(C(=O)OC(C(=O)N2CCCCC2)c2ccccc2)c1. The van der Waals surface area contributed by atoms with Crippen LogP contribution in [0.3, 0.4) is 0 Å². The van der Waals surface area contributed by atoms with Gasteiger partial charge in [0.1, 0.15) is 0 Å². The fraction of sp³-hybridized carbons (Fsp3) is 0.364.